The van der Waals surface area contributed by atoms with E-state index in [1.54, 1.807) is 0 Å². The first-order valence-electron chi connectivity index (χ1n) is 28.9. The van der Waals surface area contributed by atoms with Crippen LogP contribution in [0, 0.1) is 0 Å². The van der Waals surface area contributed by atoms with Crippen LogP contribution in [0.25, 0.3) is 0 Å². The highest BCUT2D eigenvalue weighted by Gasteiger charge is 2.50. The Morgan fingerprint density at radius 1 is 0.452 bits per heavy atom. The predicted octanol–water partition coefficient (Wildman–Crippen LogP) is 14.6. The Labute approximate surface area is 442 Å². The first-order chi connectivity index (χ1) is 35.6. The van der Waals surface area contributed by atoms with Crippen LogP contribution in [0.15, 0.2) is 72.9 Å². The van der Waals surface area contributed by atoms with E-state index in [2.05, 4.69) is 93.7 Å². The van der Waals surface area contributed by atoms with E-state index in [9.17, 15) is 34.5 Å². The molecule has 0 spiro atoms. The van der Waals surface area contributed by atoms with Crippen molar-refractivity contribution < 1.29 is 58.2 Å². The lowest BCUT2D eigenvalue weighted by atomic mass is 9.98. The number of carboxylic acid groups (broad SMARTS) is 1. The topological polar surface area (TPSA) is 175 Å². The van der Waals surface area contributed by atoms with Gasteiger partial charge in [-0.05, 0) is 103 Å². The summed E-state index contributed by atoms with van der Waals surface area (Å²) < 4.78 is 28.4. The highest BCUT2D eigenvalue weighted by Crippen LogP contribution is 2.26. The van der Waals surface area contributed by atoms with Crippen LogP contribution in [0.5, 0.6) is 0 Å². The summed E-state index contributed by atoms with van der Waals surface area (Å²) in [6.45, 7) is 5.80. The van der Waals surface area contributed by atoms with Gasteiger partial charge in [-0.3, -0.25) is 14.4 Å². The molecule has 1 aliphatic rings. The minimum absolute atomic E-state index is 0.0467. The van der Waals surface area contributed by atoms with E-state index in [1.807, 2.05) is 0 Å². The van der Waals surface area contributed by atoms with Crippen LogP contribution in [0.3, 0.4) is 0 Å². The van der Waals surface area contributed by atoms with Crippen molar-refractivity contribution in [3.63, 3.8) is 0 Å². The van der Waals surface area contributed by atoms with Gasteiger partial charge in [0.25, 0.3) is 0 Å². The quantitative estimate of drug-likeness (QED) is 0.0228. The molecule has 0 amide bonds. The molecular weight excluding hydrogens is 925 g/mol. The Bertz CT molecular complexity index is 1550. The van der Waals surface area contributed by atoms with Crippen molar-refractivity contribution >= 4 is 23.9 Å². The molecule has 6 atom stereocenters. The van der Waals surface area contributed by atoms with Gasteiger partial charge >= 0.3 is 23.9 Å². The third kappa shape index (κ3) is 39.3. The number of unbranched alkanes of at least 4 members (excludes halogenated alkanes) is 22. The molecule has 0 aromatic heterocycles. The minimum atomic E-state index is -1.91. The van der Waals surface area contributed by atoms with Crippen LogP contribution in [0.4, 0.5) is 0 Å². The van der Waals surface area contributed by atoms with Crippen molar-refractivity contribution in [2.24, 2.45) is 0 Å². The fourth-order valence-corrected chi connectivity index (χ4v) is 8.24. The Morgan fingerprint density at radius 3 is 1.29 bits per heavy atom. The summed E-state index contributed by atoms with van der Waals surface area (Å²) in [5.41, 5.74) is 0. The van der Waals surface area contributed by atoms with Crippen LogP contribution >= 0.6 is 0 Å². The van der Waals surface area contributed by atoms with E-state index in [0.717, 1.165) is 161 Å². The highest BCUT2D eigenvalue weighted by molar-refractivity contribution is 5.74. The van der Waals surface area contributed by atoms with Crippen molar-refractivity contribution in [2.75, 3.05) is 13.2 Å². The molecule has 6 unspecified atom stereocenters. The van der Waals surface area contributed by atoms with E-state index < -0.39 is 67.3 Å². The standard InChI is InChI=1S/C61H102O12/c1-4-7-10-13-16-19-22-25-26-27-28-31-34-37-40-43-46-49-55(64)72-59-57(66)56(65)58(60(67)68)73-61(59)70-51-52(71-54(63)48-45-42-39-36-33-30-24-21-18-15-12-9-6-3)50-69-53(62)47-44-41-38-35-32-29-23-20-17-14-11-8-5-2/h11-12,14-16,19-21,23-26,52,56-59,61,65-66H,4-10,13,17-18,22,27-51H2,1-3H3,(H,67,68)/b14-11-,15-12-,19-16-,23-20-,24-21-,26-25-. The summed E-state index contributed by atoms with van der Waals surface area (Å²) in [5.74, 6) is -3.17. The summed E-state index contributed by atoms with van der Waals surface area (Å²) in [6, 6.07) is 0. The maximum Gasteiger partial charge on any atom is 0.335 e. The van der Waals surface area contributed by atoms with Crippen LogP contribution in [0.2, 0.25) is 0 Å². The number of allylic oxidation sites excluding steroid dienone is 12. The maximum atomic E-state index is 13.1. The Kier molecular flexibility index (Phi) is 45.1. The number of aliphatic hydroxyl groups is 2. The van der Waals surface area contributed by atoms with Gasteiger partial charge in [-0.25, -0.2) is 4.79 Å². The first-order valence-corrected chi connectivity index (χ1v) is 28.9. The summed E-state index contributed by atoms with van der Waals surface area (Å²) >= 11 is 0. The highest BCUT2D eigenvalue weighted by atomic mass is 16.7. The van der Waals surface area contributed by atoms with E-state index >= 15 is 0 Å². The molecule has 0 aromatic rings. The van der Waals surface area contributed by atoms with Crippen molar-refractivity contribution in [3.8, 4) is 0 Å². The Morgan fingerprint density at radius 2 is 0.849 bits per heavy atom. The molecule has 73 heavy (non-hydrogen) atoms. The fraction of sp³-hybridized carbons (Fsp3) is 0.738. The normalized spacial score (nSPS) is 18.8. The zero-order chi connectivity index (χ0) is 53.3. The van der Waals surface area contributed by atoms with Gasteiger partial charge in [0.05, 0.1) is 6.61 Å². The third-order valence-corrected chi connectivity index (χ3v) is 12.7. The zero-order valence-electron chi connectivity index (χ0n) is 45.9. The molecule has 3 N–H and O–H groups in total. The lowest BCUT2D eigenvalue weighted by Gasteiger charge is -2.40. The number of hydrogen-bond acceptors (Lipinski definition) is 11. The molecule has 12 nitrogen and oxygen atoms in total. The van der Waals surface area contributed by atoms with E-state index in [4.69, 9.17) is 23.7 Å². The second-order valence-corrected chi connectivity index (χ2v) is 19.6. The Balaban J connectivity index is 2.71. The molecule has 0 aliphatic carbocycles. The molecular formula is C61H102O12. The predicted molar refractivity (Wildman–Crippen MR) is 294 cm³/mol. The minimum Gasteiger partial charge on any atom is -0.479 e. The number of carbonyl (C=O) groups is 4. The van der Waals surface area contributed by atoms with Crippen molar-refractivity contribution in [1.29, 1.82) is 0 Å². The molecule has 1 rings (SSSR count). The summed E-state index contributed by atoms with van der Waals surface area (Å²) in [6.07, 6.45) is 48.7. The SMILES string of the molecule is CCC/C=C\C/C=C\CCCCCCCC(=O)OCC(COC1OC(C(=O)O)C(O)C(O)C1OC(=O)CCCCCCCCC/C=C\C/C=C\CCCCC)OC(=O)CCCCCCC/C=C\C/C=C\CCC. The number of rotatable bonds is 48. The number of hydrogen-bond donors (Lipinski definition) is 3. The van der Waals surface area contributed by atoms with E-state index in [1.165, 1.54) is 19.3 Å². The van der Waals surface area contributed by atoms with Gasteiger partial charge in [-0.1, -0.05) is 190 Å². The van der Waals surface area contributed by atoms with E-state index in [-0.39, 0.29) is 25.9 Å². The van der Waals surface area contributed by atoms with Crippen LogP contribution in [0.1, 0.15) is 239 Å². The summed E-state index contributed by atoms with van der Waals surface area (Å²) in [5, 5.41) is 31.5. The van der Waals surface area contributed by atoms with Gasteiger partial charge in [0.15, 0.2) is 24.6 Å². The monoisotopic (exact) mass is 1030 g/mol. The van der Waals surface area contributed by atoms with Crippen molar-refractivity contribution in [3.05, 3.63) is 72.9 Å². The Hall–Kier alpha value is -3.84. The molecule has 12 heteroatoms. The molecule has 0 radical (unpaired) electrons. The zero-order valence-corrected chi connectivity index (χ0v) is 45.9. The van der Waals surface area contributed by atoms with Crippen molar-refractivity contribution in [1.82, 2.24) is 0 Å². The fourth-order valence-electron chi connectivity index (χ4n) is 8.24. The summed E-state index contributed by atoms with van der Waals surface area (Å²) in [4.78, 5) is 51.0. The second kappa shape index (κ2) is 49.1. The first kappa shape index (κ1) is 67.2. The number of ether oxygens (including phenoxy) is 5. The lowest BCUT2D eigenvalue weighted by Crippen LogP contribution is -2.61. The smallest absolute Gasteiger partial charge is 0.335 e. The van der Waals surface area contributed by atoms with Crippen LogP contribution < -0.4 is 0 Å². The molecule has 1 heterocycles. The number of aliphatic carboxylic acids is 1. The second-order valence-electron chi connectivity index (χ2n) is 19.6. The van der Waals surface area contributed by atoms with Gasteiger partial charge < -0.3 is 39.0 Å². The van der Waals surface area contributed by atoms with Crippen molar-refractivity contribution in [2.45, 2.75) is 276 Å². The molecule has 418 valence electrons. The van der Waals surface area contributed by atoms with E-state index in [0.29, 0.717) is 19.3 Å². The molecule has 0 saturated carbocycles. The van der Waals surface area contributed by atoms with Gasteiger partial charge in [-0.2, -0.15) is 0 Å². The van der Waals surface area contributed by atoms with Crippen LogP contribution in [-0.4, -0.2) is 89.2 Å². The largest absolute Gasteiger partial charge is 0.479 e. The average Bonchev–Trinajstić information content (AvgIpc) is 3.37. The van der Waals surface area contributed by atoms with Gasteiger partial charge in [0.1, 0.15) is 18.8 Å². The van der Waals surface area contributed by atoms with Gasteiger partial charge in [0.2, 0.25) is 0 Å². The van der Waals surface area contributed by atoms with Crippen LogP contribution in [-0.2, 0) is 42.9 Å². The number of carboxylic acids is 1. The maximum absolute atomic E-state index is 13.1. The molecule has 0 aromatic carbocycles. The van der Waals surface area contributed by atoms with Gasteiger partial charge in [0, 0.05) is 19.3 Å². The number of esters is 3. The molecule has 1 saturated heterocycles. The molecule has 0 bridgehead atoms. The molecule has 1 aliphatic heterocycles. The number of carbonyl (C=O) groups excluding carboxylic acids is 3. The lowest BCUT2D eigenvalue weighted by molar-refractivity contribution is -0.301. The summed E-state index contributed by atoms with van der Waals surface area (Å²) in [7, 11) is 0. The average molecular weight is 1030 g/mol. The third-order valence-electron chi connectivity index (χ3n) is 12.7. The van der Waals surface area contributed by atoms with Gasteiger partial charge in [-0.15, -0.1) is 0 Å². The number of aliphatic hydroxyl groups excluding tert-OH is 2. The molecule has 1 fully saturated rings.